The number of benzene rings is 1. The second kappa shape index (κ2) is 45.1. The van der Waals surface area contributed by atoms with Gasteiger partial charge in [-0.05, 0) is 166 Å². The number of guanidine groups is 3. The highest BCUT2D eigenvalue weighted by molar-refractivity contribution is 5.98. The molecule has 1 rings (SSSR count). The molecule has 0 saturated carbocycles. The molecule has 34 nitrogen and oxygen atoms in total. The lowest BCUT2D eigenvalue weighted by Crippen LogP contribution is -2.62. The van der Waals surface area contributed by atoms with Crippen LogP contribution in [-0.4, -0.2) is 188 Å². The molecule has 0 aliphatic carbocycles. The van der Waals surface area contributed by atoms with Crippen molar-refractivity contribution in [3.8, 4) is 5.75 Å². The number of aromatic hydroxyl groups is 1. The predicted octanol–water partition coefficient (Wildman–Crippen LogP) is -7.32. The number of nitrogens with two attached hydrogens (primary N) is 12. The van der Waals surface area contributed by atoms with Gasteiger partial charge in [0, 0.05) is 26.1 Å². The maximum Gasteiger partial charge on any atom is 0.245 e. The molecular formula is C55H103N23O11. The second-order valence-electron chi connectivity index (χ2n) is 21.5. The van der Waals surface area contributed by atoms with E-state index in [1.54, 1.807) is 0 Å². The van der Waals surface area contributed by atoms with Crippen molar-refractivity contribution in [3.05, 3.63) is 29.8 Å². The Morgan fingerprint density at radius 3 is 1.03 bits per heavy atom. The van der Waals surface area contributed by atoms with Gasteiger partial charge >= 0.3 is 0 Å². The molecule has 1 aromatic carbocycles. The van der Waals surface area contributed by atoms with Gasteiger partial charge in [-0.1, -0.05) is 12.1 Å². The van der Waals surface area contributed by atoms with E-state index in [0.29, 0.717) is 70.0 Å². The predicted molar refractivity (Wildman–Crippen MR) is 337 cm³/mol. The first-order chi connectivity index (χ1) is 42.3. The second-order valence-corrected chi connectivity index (χ2v) is 21.5. The maximum absolute atomic E-state index is 14.7. The minimum absolute atomic E-state index is 0.0115. The third-order valence-corrected chi connectivity index (χ3v) is 13.9. The fraction of sp³-hybridized carbons (Fsp3) is 0.673. The van der Waals surface area contributed by atoms with E-state index in [2.05, 4.69) is 57.5 Å². The third-order valence-electron chi connectivity index (χ3n) is 13.9. The highest BCUT2D eigenvalue weighted by Gasteiger charge is 2.36. The molecule has 0 saturated heterocycles. The van der Waals surface area contributed by atoms with Gasteiger partial charge in [0.2, 0.25) is 53.2 Å². The Bertz CT molecular complexity index is 2420. The average molecular weight is 1260 g/mol. The third kappa shape index (κ3) is 34.2. The van der Waals surface area contributed by atoms with E-state index in [1.165, 1.54) is 31.2 Å². The van der Waals surface area contributed by atoms with Crippen molar-refractivity contribution in [1.29, 1.82) is 0 Å². The van der Waals surface area contributed by atoms with Crippen LogP contribution < -0.4 is 111 Å². The Morgan fingerprint density at radius 1 is 0.393 bits per heavy atom. The number of nitrogens with one attached hydrogen (secondary N) is 8. The maximum atomic E-state index is 14.7. The zero-order valence-corrected chi connectivity index (χ0v) is 51.3. The molecule has 0 heterocycles. The standard InChI is InChI=1S/C55H103N23O11/c1-32(79)43(52(89)76-41(19-12-30-70-55(66)67)48(85)74-40(18-11-29-69-54(64)65)46(83)71-36(44(61)81)14-2-6-24-56)78-50(87)39(17-5-9-27-59)75-51(88)42(31-33-20-22-34(80)23-21-33)77-49(86)38(16-4-8-26-58)73-47(84)37(15-3-7-25-57)72-45(82)35(60)13-10-28-68-53(62)63/h20-23,32,35-43,79-80H,2-19,24-31,56-60H2,1H3,(H2,61,81)(H,71,83)(H,72,82)(H,73,84)(H,74,85)(H,75,88)(H,76,89)(H,77,86)(H,78,87)(H4,62,63,68)(H4,64,65,69)(H4,66,67,70)/t32-,35+,36+,37+,38+,39+,40+,41+,42+,43+/m1/s1. The van der Waals surface area contributed by atoms with E-state index in [0.717, 1.165) is 0 Å². The van der Waals surface area contributed by atoms with Crippen LogP contribution in [0.3, 0.4) is 0 Å². The van der Waals surface area contributed by atoms with E-state index in [4.69, 9.17) is 68.8 Å². The molecule has 0 spiro atoms. The first-order valence-corrected chi connectivity index (χ1v) is 30.2. The van der Waals surface area contributed by atoms with Gasteiger partial charge in [0.05, 0.1) is 12.1 Å². The first-order valence-electron chi connectivity index (χ1n) is 30.2. The lowest BCUT2D eigenvalue weighted by Gasteiger charge is -2.29. The van der Waals surface area contributed by atoms with E-state index >= 15 is 0 Å². The Morgan fingerprint density at radius 2 is 0.685 bits per heavy atom. The summed E-state index contributed by atoms with van der Waals surface area (Å²) in [5, 5.41) is 42.2. The molecule has 0 aliphatic rings. The molecule has 0 unspecified atom stereocenters. The van der Waals surface area contributed by atoms with Crippen LogP contribution in [0.15, 0.2) is 39.2 Å². The van der Waals surface area contributed by atoms with E-state index in [9.17, 15) is 53.4 Å². The Kier molecular flexibility index (Phi) is 40.0. The Hall–Kier alpha value is -8.18. The molecular weight excluding hydrogens is 1160 g/mol. The summed E-state index contributed by atoms with van der Waals surface area (Å²) >= 11 is 0. The van der Waals surface area contributed by atoms with E-state index < -0.39 is 114 Å². The van der Waals surface area contributed by atoms with Gasteiger partial charge in [-0.15, -0.1) is 0 Å². The minimum Gasteiger partial charge on any atom is -0.508 e. The van der Waals surface area contributed by atoms with Crippen LogP contribution in [-0.2, 0) is 49.6 Å². The number of nitrogens with zero attached hydrogens (tertiary/aromatic N) is 3. The number of carbonyl (C=O) groups excluding carboxylic acids is 9. The number of amides is 9. The summed E-state index contributed by atoms with van der Waals surface area (Å²) in [5.74, 6) is -8.38. The van der Waals surface area contributed by atoms with Gasteiger partial charge in [-0.3, -0.25) is 58.1 Å². The summed E-state index contributed by atoms with van der Waals surface area (Å²) in [6.07, 6.45) is 2.24. The molecule has 0 aromatic heterocycles. The minimum atomic E-state index is -1.80. The number of hydrogen-bond acceptors (Lipinski definition) is 19. The molecule has 9 amide bonds. The van der Waals surface area contributed by atoms with Crippen molar-refractivity contribution in [2.24, 2.45) is 83.8 Å². The number of phenols is 1. The number of hydrogen-bond donors (Lipinski definition) is 22. The molecule has 89 heavy (non-hydrogen) atoms. The first kappa shape index (κ1) is 78.8. The van der Waals surface area contributed by atoms with Crippen LogP contribution >= 0.6 is 0 Å². The molecule has 0 radical (unpaired) electrons. The van der Waals surface area contributed by atoms with Crippen LogP contribution in [0, 0.1) is 0 Å². The number of aliphatic imine (C=N–C) groups is 3. The van der Waals surface area contributed by atoms with Crippen molar-refractivity contribution < 1.29 is 53.4 Å². The molecule has 34 heteroatoms. The average Bonchev–Trinajstić information content (AvgIpc) is 3.59. The van der Waals surface area contributed by atoms with Gasteiger partial charge in [0.1, 0.15) is 54.1 Å². The van der Waals surface area contributed by atoms with Crippen molar-refractivity contribution in [1.82, 2.24) is 42.5 Å². The SMILES string of the molecule is C[C@@H](O)[C@H](NC(=O)[C@H](CCCCN)NC(=O)[C@H](Cc1ccc(O)cc1)NC(=O)[C@H](CCCCN)NC(=O)[C@H](CCCCN)NC(=O)[C@@H](N)CCCN=C(N)N)C(=O)N[C@@H](CCCN=C(N)N)C(=O)N[C@@H](CCCN=C(N)N)C(=O)N[C@@H](CCCCN)C(N)=O. The number of carbonyl (C=O) groups is 9. The Labute approximate surface area is 520 Å². The molecule has 504 valence electrons. The summed E-state index contributed by atoms with van der Waals surface area (Å²) in [4.78, 5) is 138. The van der Waals surface area contributed by atoms with Crippen LogP contribution in [0.25, 0.3) is 0 Å². The summed E-state index contributed by atoms with van der Waals surface area (Å²) in [5.41, 5.74) is 68.0. The summed E-state index contributed by atoms with van der Waals surface area (Å²) in [7, 11) is 0. The van der Waals surface area contributed by atoms with Crippen LogP contribution in [0.5, 0.6) is 5.75 Å². The Balaban J connectivity index is 3.72. The number of phenolic OH excluding ortho intramolecular Hbond substituents is 1. The molecule has 0 aliphatic heterocycles. The van der Waals surface area contributed by atoms with Crippen molar-refractivity contribution in [3.63, 3.8) is 0 Å². The van der Waals surface area contributed by atoms with Gasteiger partial charge in [0.25, 0.3) is 0 Å². The monoisotopic (exact) mass is 1260 g/mol. The van der Waals surface area contributed by atoms with Crippen LogP contribution in [0.2, 0.25) is 0 Å². The number of unbranched alkanes of at least 4 members (excludes halogenated alkanes) is 4. The quantitative estimate of drug-likeness (QED) is 0.0164. The van der Waals surface area contributed by atoms with Gasteiger partial charge in [-0.2, -0.15) is 0 Å². The summed E-state index contributed by atoms with van der Waals surface area (Å²) < 4.78 is 0. The van der Waals surface area contributed by atoms with Crippen molar-refractivity contribution in [2.75, 3.05) is 45.8 Å². The molecule has 10 atom stereocenters. The molecule has 1 aromatic rings. The smallest absolute Gasteiger partial charge is 0.245 e. The fourth-order valence-corrected chi connectivity index (χ4v) is 8.90. The normalized spacial score (nSPS) is 14.4. The molecule has 0 fully saturated rings. The lowest BCUT2D eigenvalue weighted by atomic mass is 10.0. The van der Waals surface area contributed by atoms with E-state index in [-0.39, 0.29) is 127 Å². The summed E-state index contributed by atoms with van der Waals surface area (Å²) in [6.45, 7) is 2.50. The van der Waals surface area contributed by atoms with Crippen LogP contribution in [0.4, 0.5) is 0 Å². The van der Waals surface area contributed by atoms with E-state index in [1.807, 2.05) is 0 Å². The highest BCUT2D eigenvalue weighted by Crippen LogP contribution is 2.15. The highest BCUT2D eigenvalue weighted by atomic mass is 16.3. The van der Waals surface area contributed by atoms with Gasteiger partial charge in [-0.25, -0.2) is 0 Å². The summed E-state index contributed by atoms with van der Waals surface area (Å²) in [6, 6.07) is -6.47. The zero-order chi connectivity index (χ0) is 66.8. The molecule has 0 bridgehead atoms. The van der Waals surface area contributed by atoms with Gasteiger partial charge in [0.15, 0.2) is 17.9 Å². The molecule has 34 N–H and O–H groups in total. The van der Waals surface area contributed by atoms with Gasteiger partial charge < -0.3 is 122 Å². The largest absolute Gasteiger partial charge is 0.508 e. The number of aliphatic hydroxyl groups excluding tert-OH is 1. The topological polar surface area (TPSA) is 640 Å². The fourth-order valence-electron chi connectivity index (χ4n) is 8.90. The number of primary amides is 1. The van der Waals surface area contributed by atoms with Crippen molar-refractivity contribution >= 4 is 71.0 Å². The zero-order valence-electron chi connectivity index (χ0n) is 51.3. The number of aliphatic hydroxyl groups is 1. The van der Waals surface area contributed by atoms with Crippen molar-refractivity contribution in [2.45, 2.75) is 189 Å². The number of rotatable bonds is 48. The van der Waals surface area contributed by atoms with Crippen LogP contribution in [0.1, 0.15) is 128 Å². The lowest BCUT2D eigenvalue weighted by molar-refractivity contribution is -0.137.